The highest BCUT2D eigenvalue weighted by Gasteiger charge is 2.56. The molecule has 1 N–H and O–H groups in total. The van der Waals surface area contributed by atoms with Crippen molar-refractivity contribution >= 4 is 113 Å². The van der Waals surface area contributed by atoms with Crippen LogP contribution in [0.15, 0.2) is 89.6 Å². The van der Waals surface area contributed by atoms with Crippen LogP contribution in [0.3, 0.4) is 0 Å². The van der Waals surface area contributed by atoms with Crippen LogP contribution in [0.4, 0.5) is 0 Å². The Bertz CT molecular complexity index is 2500. The summed E-state index contributed by atoms with van der Waals surface area (Å²) in [5.74, 6) is -0.853. The highest BCUT2D eigenvalue weighted by atomic mass is 31.1. The van der Waals surface area contributed by atoms with Crippen LogP contribution in [0.2, 0.25) is 78.6 Å². The van der Waals surface area contributed by atoms with Gasteiger partial charge in [0, 0.05) is 28.1 Å². The Morgan fingerprint density at radius 2 is 0.915 bits per heavy atom. The van der Waals surface area contributed by atoms with Crippen LogP contribution in [0.1, 0.15) is 13.8 Å². The lowest BCUT2D eigenvalue weighted by atomic mass is 10.1. The number of hydrogen-bond donors (Lipinski definition) is 1. The van der Waals surface area contributed by atoms with E-state index in [0.29, 0.717) is 6.54 Å². The quantitative estimate of drug-likeness (QED) is 0.142. The van der Waals surface area contributed by atoms with E-state index in [4.69, 9.17) is 35.5 Å². The second-order valence-corrected chi connectivity index (χ2v) is 43.0. The molecule has 2 aliphatic rings. The van der Waals surface area contributed by atoms with E-state index in [-0.39, 0.29) is 0 Å². The average Bonchev–Trinajstić information content (AvgIpc) is 3.44. The molecule has 2 fully saturated rings. The predicted octanol–water partition coefficient (Wildman–Crippen LogP) is 11.0. The first kappa shape index (κ1) is 43.0. The Balaban J connectivity index is 1.27. The molecule has 59 heavy (non-hydrogen) atoms. The Morgan fingerprint density at radius 3 is 1.29 bits per heavy atom. The molecule has 4 atom stereocenters. The van der Waals surface area contributed by atoms with E-state index < -0.39 is 79.1 Å². The molecule has 2 aromatic heterocycles. The molecule has 0 radical (unpaired) electrons. The molecule has 0 unspecified atom stereocenters. The van der Waals surface area contributed by atoms with Gasteiger partial charge in [0.05, 0.1) is 32.3 Å². The Morgan fingerprint density at radius 1 is 0.542 bits per heavy atom. The molecule has 0 amide bonds. The van der Waals surface area contributed by atoms with Crippen LogP contribution in [-0.2, 0) is 14.2 Å². The predicted molar refractivity (Wildman–Crippen MR) is 258 cm³/mol. The summed E-state index contributed by atoms with van der Waals surface area (Å²) in [6.07, 6.45) is -2.26. The summed E-state index contributed by atoms with van der Waals surface area (Å²) in [7, 11) is -11.0. The lowest BCUT2D eigenvalue weighted by molar-refractivity contribution is -0.210. The molecule has 0 bridgehead atoms. The van der Waals surface area contributed by atoms with E-state index in [1.807, 2.05) is 13.8 Å². The Labute approximate surface area is 354 Å². The Kier molecular flexibility index (Phi) is 11.2. The van der Waals surface area contributed by atoms with Crippen molar-refractivity contribution < 1.29 is 35.5 Å². The van der Waals surface area contributed by atoms with Crippen molar-refractivity contribution in [2.45, 2.75) is 123 Å². The molecule has 2 saturated heterocycles. The van der Waals surface area contributed by atoms with Crippen molar-refractivity contribution in [2.24, 2.45) is 0 Å². The van der Waals surface area contributed by atoms with Gasteiger partial charge in [-0.1, -0.05) is 151 Å². The summed E-state index contributed by atoms with van der Waals surface area (Å²) in [5, 5.41) is 12.9. The molecule has 0 spiro atoms. The minimum absolute atomic E-state index is 0.349. The van der Waals surface area contributed by atoms with E-state index in [1.54, 1.807) is 0 Å². The van der Waals surface area contributed by atoms with Crippen molar-refractivity contribution in [1.82, 2.24) is 0 Å². The zero-order valence-corrected chi connectivity index (χ0v) is 42.9. The topological polar surface area (TPSA) is 102 Å². The van der Waals surface area contributed by atoms with Crippen molar-refractivity contribution in [1.29, 1.82) is 0 Å². The number of hydrogen-bond acceptors (Lipinski definition) is 9. The van der Waals surface area contributed by atoms with E-state index in [0.717, 1.165) is 43.9 Å². The SMILES string of the molecule is CC1(C)O[C@H]2O[C@H](CNp3oc4c([Si](C)(C)C)cccc4c4cccc([Si](C)(C)C)c4o3)[C@H](Op3oc4c([Si](C)(C)C)cccc4c4cccc([Si](C)(C)C)c4o3)[C@H]2O1. The van der Waals surface area contributed by atoms with Crippen LogP contribution in [0.25, 0.3) is 43.9 Å². The maximum atomic E-state index is 7.12. The zero-order valence-electron chi connectivity index (χ0n) is 37.1. The van der Waals surface area contributed by atoms with Gasteiger partial charge >= 0.3 is 16.4 Å². The summed E-state index contributed by atoms with van der Waals surface area (Å²) >= 11 is 0. The van der Waals surface area contributed by atoms with Crippen molar-refractivity contribution in [3.05, 3.63) is 72.8 Å². The summed E-state index contributed by atoms with van der Waals surface area (Å²) in [4.78, 5) is 0. The molecule has 15 heteroatoms. The number of nitrogens with one attached hydrogen (secondary N) is 1. The lowest BCUT2D eigenvalue weighted by Crippen LogP contribution is -2.41. The van der Waals surface area contributed by atoms with Gasteiger partial charge in [-0.25, -0.2) is 5.09 Å². The smallest absolute Gasteiger partial charge is 0.387 e. The van der Waals surface area contributed by atoms with Gasteiger partial charge in [0.1, 0.15) is 40.6 Å². The molecular formula is C44H61NO8P2Si4. The van der Waals surface area contributed by atoms with Crippen molar-refractivity contribution in [2.75, 3.05) is 11.6 Å². The second kappa shape index (κ2) is 15.3. The normalized spacial score (nSPS) is 21.2. The molecule has 316 valence electrons. The van der Waals surface area contributed by atoms with Gasteiger partial charge in [-0.15, -0.1) is 0 Å². The fourth-order valence-corrected chi connectivity index (χ4v) is 17.0. The third kappa shape index (κ3) is 8.47. The van der Waals surface area contributed by atoms with Crippen molar-refractivity contribution in [3.8, 4) is 0 Å². The number of benzene rings is 4. The molecule has 2 aliphatic heterocycles. The summed E-state index contributed by atoms with van der Waals surface area (Å²) in [6, 6.07) is 26.1. The molecule has 4 heterocycles. The third-order valence-corrected chi connectivity index (χ3v) is 21.5. The van der Waals surface area contributed by atoms with Gasteiger partial charge in [0.2, 0.25) is 0 Å². The van der Waals surface area contributed by atoms with Crippen LogP contribution in [0.5, 0.6) is 0 Å². The molecule has 0 aliphatic carbocycles. The van der Waals surface area contributed by atoms with Gasteiger partial charge in [-0.3, -0.25) is 4.52 Å². The fourth-order valence-electron chi connectivity index (χ4n) is 8.31. The van der Waals surface area contributed by atoms with Gasteiger partial charge in [-0.05, 0) is 34.6 Å². The fraction of sp³-hybridized carbons (Fsp3) is 0.455. The minimum Gasteiger partial charge on any atom is -0.408 e. The number of fused-ring (bicyclic) bond motifs is 7. The van der Waals surface area contributed by atoms with E-state index in [9.17, 15) is 0 Å². The lowest BCUT2D eigenvalue weighted by Gasteiger charge is -2.25. The standard InChI is InChI=1S/C44H61NO8P2Si4/c1-44(2)47-42-41(53-55-51-39-30(21-17-25-35(39)58(9,10)11)31-22-18-26-36(40(31)52-55)59(12,13)14)32(46-43(42)48-44)27-45-54-49-37-28(19-15-23-33(37)56(3,4)5)29-20-16-24-34(38(29)50-54)57(6,7)8/h15-26,32,41-43,45H,27H2,1-14H3/t32-,41+,42-,43-/m1/s1. The maximum absolute atomic E-state index is 7.12. The number of para-hydroxylation sites is 4. The van der Waals surface area contributed by atoms with Gasteiger partial charge in [-0.2, -0.15) is 0 Å². The minimum atomic E-state index is -1.97. The zero-order chi connectivity index (χ0) is 42.4. The highest BCUT2D eigenvalue weighted by molar-refractivity contribution is 7.38. The Hall–Kier alpha value is -2.65. The molecular weight excluding hydrogens is 845 g/mol. The average molecular weight is 906 g/mol. The molecule has 0 saturated carbocycles. The van der Waals surface area contributed by atoms with Crippen LogP contribution in [0, 0.1) is 0 Å². The maximum Gasteiger partial charge on any atom is 0.387 e. The van der Waals surface area contributed by atoms with Crippen LogP contribution >= 0.6 is 16.4 Å². The number of rotatable bonds is 9. The third-order valence-electron chi connectivity index (χ3n) is 11.3. The van der Waals surface area contributed by atoms with E-state index in [1.165, 1.54) is 20.7 Å². The molecule has 6 aromatic rings. The summed E-state index contributed by atoms with van der Waals surface area (Å²) in [5.41, 5.74) is 3.49. The molecule has 8 rings (SSSR count). The van der Waals surface area contributed by atoms with Gasteiger partial charge < -0.3 is 31.0 Å². The van der Waals surface area contributed by atoms with Gasteiger partial charge in [0.25, 0.3) is 0 Å². The van der Waals surface area contributed by atoms with Crippen molar-refractivity contribution in [3.63, 3.8) is 0 Å². The van der Waals surface area contributed by atoms with Gasteiger partial charge in [0.15, 0.2) is 12.1 Å². The molecule has 9 nitrogen and oxygen atoms in total. The largest absolute Gasteiger partial charge is 0.408 e. The summed E-state index contributed by atoms with van der Waals surface area (Å²) < 4.78 is 54.8. The van der Waals surface area contributed by atoms with E-state index >= 15 is 0 Å². The first-order valence-corrected chi connectivity index (χ1v) is 37.1. The highest BCUT2D eigenvalue weighted by Crippen LogP contribution is 2.43. The summed E-state index contributed by atoms with van der Waals surface area (Å²) in [6.45, 7) is 32.4. The van der Waals surface area contributed by atoms with Crippen LogP contribution < -0.4 is 30.4 Å². The first-order chi connectivity index (χ1) is 27.5. The van der Waals surface area contributed by atoms with Crippen LogP contribution in [-0.4, -0.2) is 69.2 Å². The van der Waals surface area contributed by atoms with E-state index in [2.05, 4.69) is 156 Å². The first-order valence-electron chi connectivity index (χ1n) is 20.8. The second-order valence-electron chi connectivity index (χ2n) is 20.7. The molecule has 4 aromatic carbocycles. The monoisotopic (exact) mass is 905 g/mol. The number of ether oxygens (including phenoxy) is 3.